The Morgan fingerprint density at radius 3 is 1.37 bits per heavy atom. The average Bonchev–Trinajstić information content (AvgIpc) is 3.12. The van der Waals surface area contributed by atoms with E-state index in [4.69, 9.17) is 18.5 Å². The zero-order valence-corrected chi connectivity index (χ0v) is 36.6. The third-order valence-electron chi connectivity index (χ3n) is 9.44. The molecule has 0 N–H and O–H groups in total. The molecule has 0 rings (SSSR count). The fourth-order valence-corrected chi connectivity index (χ4v) is 6.67. The first-order valence-electron chi connectivity index (χ1n) is 22.0. The van der Waals surface area contributed by atoms with Crippen molar-refractivity contribution in [2.24, 2.45) is 0 Å². The predicted octanol–water partition coefficient (Wildman–Crippen LogP) is 11.7. The van der Waals surface area contributed by atoms with Gasteiger partial charge in [0, 0.05) is 12.8 Å². The molecule has 318 valence electrons. The molecule has 9 nitrogen and oxygen atoms in total. The number of hydrogen-bond donors (Lipinski definition) is 0. The van der Waals surface area contributed by atoms with E-state index in [1.54, 1.807) is 0 Å². The Bertz CT molecular complexity index is 980. The second kappa shape index (κ2) is 37.1. The van der Waals surface area contributed by atoms with E-state index in [1.165, 1.54) is 122 Å². The SMILES string of the molecule is CCCCC/C=C/CCCCCCCCCCC(=O)OCC(COP(=O)([O-])OCC[N+](C)(C)C)OC(=O)CCCCCCCCCC/C=C/CCCCC. The van der Waals surface area contributed by atoms with Gasteiger partial charge in [0.1, 0.15) is 19.8 Å². The van der Waals surface area contributed by atoms with Crippen LogP contribution in [0.15, 0.2) is 24.3 Å². The van der Waals surface area contributed by atoms with Gasteiger partial charge in [-0.2, -0.15) is 0 Å². The summed E-state index contributed by atoms with van der Waals surface area (Å²) < 4.78 is 33.9. The van der Waals surface area contributed by atoms with E-state index in [0.717, 1.165) is 38.5 Å². The summed E-state index contributed by atoms with van der Waals surface area (Å²) in [5.41, 5.74) is 0. The smallest absolute Gasteiger partial charge is 0.306 e. The summed E-state index contributed by atoms with van der Waals surface area (Å²) in [6.45, 7) is 4.19. The lowest BCUT2D eigenvalue weighted by atomic mass is 10.1. The van der Waals surface area contributed by atoms with Gasteiger partial charge in [0.05, 0.1) is 27.7 Å². The van der Waals surface area contributed by atoms with Crippen LogP contribution in [0.4, 0.5) is 0 Å². The Hall–Kier alpha value is -1.51. The second-order valence-corrected chi connectivity index (χ2v) is 17.5. The van der Waals surface area contributed by atoms with E-state index in [0.29, 0.717) is 17.4 Å². The van der Waals surface area contributed by atoms with Crippen LogP contribution in [0.3, 0.4) is 0 Å². The predicted molar refractivity (Wildman–Crippen MR) is 222 cm³/mol. The number of ether oxygens (including phenoxy) is 2. The first-order chi connectivity index (χ1) is 26.0. The lowest BCUT2D eigenvalue weighted by molar-refractivity contribution is -0.870. The number of carbonyl (C=O) groups excluding carboxylic acids is 2. The monoisotopic (exact) mass is 786 g/mol. The number of hydrogen-bond acceptors (Lipinski definition) is 8. The van der Waals surface area contributed by atoms with Crippen LogP contribution < -0.4 is 4.89 Å². The molecule has 0 aromatic heterocycles. The van der Waals surface area contributed by atoms with Gasteiger partial charge in [0.25, 0.3) is 7.82 Å². The zero-order chi connectivity index (χ0) is 40.0. The van der Waals surface area contributed by atoms with Gasteiger partial charge in [0.2, 0.25) is 0 Å². The van der Waals surface area contributed by atoms with Gasteiger partial charge in [-0.25, -0.2) is 0 Å². The molecule has 0 aromatic carbocycles. The summed E-state index contributed by atoms with van der Waals surface area (Å²) in [4.78, 5) is 37.5. The largest absolute Gasteiger partial charge is 0.756 e. The van der Waals surface area contributed by atoms with Crippen LogP contribution in [0.1, 0.15) is 194 Å². The number of allylic oxidation sites excluding steroid dienone is 4. The summed E-state index contributed by atoms with van der Waals surface area (Å²) in [5, 5.41) is 0. The van der Waals surface area contributed by atoms with E-state index in [-0.39, 0.29) is 32.0 Å². The van der Waals surface area contributed by atoms with Crippen molar-refractivity contribution in [3.63, 3.8) is 0 Å². The Balaban J connectivity index is 4.35. The highest BCUT2D eigenvalue weighted by Crippen LogP contribution is 2.38. The van der Waals surface area contributed by atoms with E-state index >= 15 is 0 Å². The number of carbonyl (C=O) groups is 2. The van der Waals surface area contributed by atoms with Crippen LogP contribution in [0.5, 0.6) is 0 Å². The number of unbranched alkanes of at least 4 members (excludes halogenated alkanes) is 22. The number of esters is 2. The first kappa shape index (κ1) is 52.5. The van der Waals surface area contributed by atoms with Crippen LogP contribution in [-0.2, 0) is 32.7 Å². The highest BCUT2D eigenvalue weighted by Gasteiger charge is 2.21. The fraction of sp³-hybridized carbons (Fsp3) is 0.864. The number of quaternary nitrogens is 1. The Morgan fingerprint density at radius 1 is 0.556 bits per heavy atom. The minimum atomic E-state index is -4.62. The van der Waals surface area contributed by atoms with Crippen molar-refractivity contribution in [2.75, 3.05) is 47.5 Å². The lowest BCUT2D eigenvalue weighted by Gasteiger charge is -2.28. The third-order valence-corrected chi connectivity index (χ3v) is 10.4. The van der Waals surface area contributed by atoms with Crippen molar-refractivity contribution in [2.45, 2.75) is 200 Å². The first-order valence-corrected chi connectivity index (χ1v) is 23.5. The molecule has 10 heteroatoms. The minimum Gasteiger partial charge on any atom is -0.756 e. The fourth-order valence-electron chi connectivity index (χ4n) is 5.94. The third kappa shape index (κ3) is 40.2. The molecular formula is C44H84NO8P. The van der Waals surface area contributed by atoms with E-state index in [1.807, 2.05) is 21.1 Å². The van der Waals surface area contributed by atoms with E-state index in [9.17, 15) is 19.0 Å². The topological polar surface area (TPSA) is 111 Å². The standard InChI is InChI=1S/C44H84NO8P/c1-6-8-10-12-14-16-18-20-22-24-26-28-30-32-34-36-43(46)50-40-42(41-52-54(48,49)51-39-38-45(3,4)5)53-44(47)37-35-33-31-29-27-25-23-21-19-17-15-13-11-9-7-2/h14-17,42H,6-13,18-41H2,1-5H3/b16-14+,17-15+. The van der Waals surface area contributed by atoms with Gasteiger partial charge >= 0.3 is 11.9 Å². The molecule has 0 aliphatic rings. The van der Waals surface area contributed by atoms with Crippen LogP contribution in [0.25, 0.3) is 0 Å². The van der Waals surface area contributed by atoms with Crippen molar-refractivity contribution in [1.82, 2.24) is 0 Å². The molecule has 0 heterocycles. The molecule has 0 fully saturated rings. The second-order valence-electron chi connectivity index (χ2n) is 16.1. The molecule has 0 amide bonds. The summed E-state index contributed by atoms with van der Waals surface area (Å²) in [7, 11) is 1.16. The Labute approximate surface area is 332 Å². The Morgan fingerprint density at radius 2 is 0.944 bits per heavy atom. The molecule has 0 aromatic rings. The normalized spacial score (nSPS) is 13.8. The maximum Gasteiger partial charge on any atom is 0.306 e. The van der Waals surface area contributed by atoms with Crippen LogP contribution in [-0.4, -0.2) is 70.0 Å². The molecule has 2 unspecified atom stereocenters. The molecule has 0 spiro atoms. The van der Waals surface area contributed by atoms with Crippen LogP contribution in [0, 0.1) is 0 Å². The molecule has 0 aliphatic carbocycles. The summed E-state index contributed by atoms with van der Waals surface area (Å²) in [6, 6.07) is 0. The van der Waals surface area contributed by atoms with E-state index in [2.05, 4.69) is 38.2 Å². The van der Waals surface area contributed by atoms with Crippen molar-refractivity contribution < 1.29 is 42.1 Å². The average molecular weight is 786 g/mol. The molecular weight excluding hydrogens is 701 g/mol. The lowest BCUT2D eigenvalue weighted by Crippen LogP contribution is -2.37. The highest BCUT2D eigenvalue weighted by molar-refractivity contribution is 7.45. The molecule has 54 heavy (non-hydrogen) atoms. The molecule has 0 saturated heterocycles. The van der Waals surface area contributed by atoms with Gasteiger partial charge < -0.3 is 27.9 Å². The molecule has 0 radical (unpaired) electrons. The van der Waals surface area contributed by atoms with Gasteiger partial charge in [-0.05, 0) is 64.2 Å². The maximum atomic E-state index is 12.7. The molecule has 0 bridgehead atoms. The van der Waals surface area contributed by atoms with E-state index < -0.39 is 26.5 Å². The van der Waals surface area contributed by atoms with Gasteiger partial charge in [-0.15, -0.1) is 0 Å². The quantitative estimate of drug-likeness (QED) is 0.0198. The number of rotatable bonds is 40. The van der Waals surface area contributed by atoms with Crippen molar-refractivity contribution >= 4 is 19.8 Å². The zero-order valence-electron chi connectivity index (χ0n) is 35.7. The molecule has 0 saturated carbocycles. The summed E-state index contributed by atoms with van der Waals surface area (Å²) in [6.07, 6.45) is 39.1. The van der Waals surface area contributed by atoms with Crippen LogP contribution in [0.2, 0.25) is 0 Å². The number of nitrogens with zero attached hydrogens (tertiary/aromatic N) is 1. The van der Waals surface area contributed by atoms with Crippen LogP contribution >= 0.6 is 7.82 Å². The summed E-state index contributed by atoms with van der Waals surface area (Å²) >= 11 is 0. The number of likely N-dealkylation sites (N-methyl/N-ethyl adjacent to an activating group) is 1. The van der Waals surface area contributed by atoms with Gasteiger partial charge in [0.15, 0.2) is 6.10 Å². The maximum absolute atomic E-state index is 12.7. The molecule has 0 aliphatic heterocycles. The Kier molecular flexibility index (Phi) is 36.1. The van der Waals surface area contributed by atoms with Crippen molar-refractivity contribution in [3.8, 4) is 0 Å². The number of phosphoric acid groups is 1. The van der Waals surface area contributed by atoms with Gasteiger partial charge in [-0.1, -0.05) is 141 Å². The summed E-state index contributed by atoms with van der Waals surface area (Å²) in [5.74, 6) is -0.838. The van der Waals surface area contributed by atoms with Crippen molar-refractivity contribution in [3.05, 3.63) is 24.3 Å². The highest BCUT2D eigenvalue weighted by atomic mass is 31.2. The molecule has 2 atom stereocenters. The van der Waals surface area contributed by atoms with Gasteiger partial charge in [-0.3, -0.25) is 14.2 Å². The number of phosphoric ester groups is 1. The van der Waals surface area contributed by atoms with Crippen molar-refractivity contribution in [1.29, 1.82) is 0 Å². The minimum absolute atomic E-state index is 0.0306.